The summed E-state index contributed by atoms with van der Waals surface area (Å²) in [4.78, 5) is 20.6. The van der Waals surface area contributed by atoms with Crippen LogP contribution in [0, 0.1) is 23.7 Å². The van der Waals surface area contributed by atoms with Gasteiger partial charge < -0.3 is 4.74 Å². The lowest BCUT2D eigenvalue weighted by molar-refractivity contribution is -0.156. The molecule has 3 aliphatic rings. The molecule has 3 fully saturated rings. The molecule has 108 valence electrons. The van der Waals surface area contributed by atoms with Crippen molar-refractivity contribution in [2.45, 2.75) is 32.1 Å². The summed E-state index contributed by atoms with van der Waals surface area (Å²) in [5.74, 6) is 1.37. The summed E-state index contributed by atoms with van der Waals surface area (Å²) in [7, 11) is 1.49. The van der Waals surface area contributed by atoms with Crippen LogP contribution in [0.4, 0.5) is 0 Å². The molecule has 1 heterocycles. The first-order chi connectivity index (χ1) is 9.69. The monoisotopic (exact) mass is 294 g/mol. The Hall–Kier alpha value is -1.16. The maximum absolute atomic E-state index is 12.1. The number of hydrogen-bond acceptors (Lipinski definition) is 4. The van der Waals surface area contributed by atoms with E-state index in [1.165, 1.54) is 26.1 Å². The maximum atomic E-state index is 12.1. The summed E-state index contributed by atoms with van der Waals surface area (Å²) in [6.45, 7) is 0. The number of methoxy groups -OCH3 is 1. The normalized spacial score (nSPS) is 32.1. The van der Waals surface area contributed by atoms with Crippen molar-refractivity contribution in [1.29, 1.82) is 0 Å². The molecule has 1 aromatic heterocycles. The summed E-state index contributed by atoms with van der Waals surface area (Å²) < 4.78 is 5.03. The Bertz CT molecular complexity index is 500. The van der Waals surface area contributed by atoms with E-state index >= 15 is 0 Å². The van der Waals surface area contributed by atoms with Crippen molar-refractivity contribution in [2.75, 3.05) is 7.11 Å². The molecule has 20 heavy (non-hydrogen) atoms. The largest absolute Gasteiger partial charge is 0.469 e. The molecule has 0 radical (unpaired) electrons. The lowest BCUT2D eigenvalue weighted by atomic mass is 9.57. The minimum atomic E-state index is -0.0561. The first-order valence-corrected chi connectivity index (χ1v) is 7.61. The lowest BCUT2D eigenvalue weighted by Gasteiger charge is -2.47. The second-order valence-corrected chi connectivity index (χ2v) is 6.31. The van der Waals surface area contributed by atoms with Crippen LogP contribution in [0.25, 0.3) is 0 Å². The number of halogens is 1. The Morgan fingerprint density at radius 1 is 1.30 bits per heavy atom. The third-order valence-corrected chi connectivity index (χ3v) is 5.15. The number of hydrogen-bond donors (Lipinski definition) is 0. The van der Waals surface area contributed by atoms with Crippen LogP contribution in [0.3, 0.4) is 0 Å². The van der Waals surface area contributed by atoms with E-state index in [0.717, 1.165) is 25.0 Å². The first-order valence-electron chi connectivity index (χ1n) is 7.23. The van der Waals surface area contributed by atoms with Gasteiger partial charge >= 0.3 is 5.97 Å². The second kappa shape index (κ2) is 5.68. The van der Waals surface area contributed by atoms with Crippen molar-refractivity contribution >= 4 is 17.6 Å². The fourth-order valence-electron chi connectivity index (χ4n) is 4.09. The molecule has 0 N–H and O–H groups in total. The molecule has 4 rings (SSSR count). The number of carbonyl (C=O) groups excluding carboxylic acids is 1. The van der Waals surface area contributed by atoms with Gasteiger partial charge in [0.05, 0.1) is 24.9 Å². The van der Waals surface area contributed by atoms with Crippen molar-refractivity contribution < 1.29 is 9.53 Å². The van der Waals surface area contributed by atoms with E-state index in [1.807, 2.05) is 0 Å². The molecule has 4 nitrogen and oxygen atoms in total. The minimum absolute atomic E-state index is 0.0216. The fraction of sp³-hybridized carbons (Fsp3) is 0.667. The topological polar surface area (TPSA) is 52.1 Å². The third-order valence-electron chi connectivity index (χ3n) is 4.96. The van der Waals surface area contributed by atoms with Crippen LogP contribution in [0.1, 0.15) is 31.4 Å². The Morgan fingerprint density at radius 3 is 2.65 bits per heavy atom. The number of ether oxygens (including phenoxy) is 1. The van der Waals surface area contributed by atoms with Gasteiger partial charge in [-0.1, -0.05) is 11.6 Å². The molecule has 0 unspecified atom stereocenters. The number of rotatable bonds is 3. The molecule has 2 bridgehead atoms. The van der Waals surface area contributed by atoms with Gasteiger partial charge in [0.2, 0.25) is 0 Å². The Labute approximate surface area is 123 Å². The van der Waals surface area contributed by atoms with Gasteiger partial charge in [-0.2, -0.15) is 0 Å². The van der Waals surface area contributed by atoms with Gasteiger partial charge in [-0.3, -0.25) is 9.78 Å². The van der Waals surface area contributed by atoms with Gasteiger partial charge in [-0.15, -0.1) is 0 Å². The van der Waals surface area contributed by atoms with Crippen molar-refractivity contribution in [3.63, 3.8) is 0 Å². The van der Waals surface area contributed by atoms with Crippen LogP contribution in [0.15, 0.2) is 12.4 Å². The number of carbonyl (C=O) groups is 1. The SMILES string of the molecule is COC(=O)[C@H]1C2CCC(CC2)[C@@H]1Cc1cncc(Cl)n1. The summed E-state index contributed by atoms with van der Waals surface area (Å²) >= 11 is 5.90. The molecular weight excluding hydrogens is 276 g/mol. The average molecular weight is 295 g/mol. The zero-order chi connectivity index (χ0) is 14.1. The van der Waals surface area contributed by atoms with Crippen LogP contribution in [-0.4, -0.2) is 23.0 Å². The van der Waals surface area contributed by atoms with Crippen LogP contribution >= 0.6 is 11.6 Å². The Morgan fingerprint density at radius 2 is 2.00 bits per heavy atom. The summed E-state index contributed by atoms with van der Waals surface area (Å²) in [5.41, 5.74) is 0.879. The predicted octanol–water partition coefficient (Wildman–Crippen LogP) is 2.90. The molecule has 2 atom stereocenters. The zero-order valence-electron chi connectivity index (χ0n) is 11.6. The van der Waals surface area contributed by atoms with Gasteiger partial charge in [0.15, 0.2) is 0 Å². The molecule has 3 aliphatic carbocycles. The van der Waals surface area contributed by atoms with Gasteiger partial charge in [-0.05, 0) is 49.9 Å². The van der Waals surface area contributed by atoms with E-state index in [2.05, 4.69) is 9.97 Å². The van der Waals surface area contributed by atoms with E-state index in [4.69, 9.17) is 16.3 Å². The molecule has 0 amide bonds. The molecule has 1 aromatic rings. The highest BCUT2D eigenvalue weighted by molar-refractivity contribution is 6.29. The van der Waals surface area contributed by atoms with E-state index in [-0.39, 0.29) is 11.9 Å². The molecule has 0 spiro atoms. The zero-order valence-corrected chi connectivity index (χ0v) is 12.3. The molecule has 0 saturated heterocycles. The van der Waals surface area contributed by atoms with Gasteiger partial charge in [0.1, 0.15) is 5.15 Å². The minimum Gasteiger partial charge on any atom is -0.469 e. The Balaban J connectivity index is 1.83. The highest BCUT2D eigenvalue weighted by atomic mass is 35.5. The lowest BCUT2D eigenvalue weighted by Crippen LogP contribution is -2.45. The number of nitrogens with zero attached hydrogens (tertiary/aromatic N) is 2. The third kappa shape index (κ3) is 2.53. The first kappa shape index (κ1) is 13.8. The van der Waals surface area contributed by atoms with Crippen molar-refractivity contribution in [2.24, 2.45) is 23.7 Å². The maximum Gasteiger partial charge on any atom is 0.309 e. The van der Waals surface area contributed by atoms with Crippen molar-refractivity contribution in [3.8, 4) is 0 Å². The molecule has 0 aliphatic heterocycles. The highest BCUT2D eigenvalue weighted by Crippen LogP contribution is 2.50. The fourth-order valence-corrected chi connectivity index (χ4v) is 4.26. The van der Waals surface area contributed by atoms with Crippen molar-refractivity contribution in [1.82, 2.24) is 9.97 Å². The highest BCUT2D eigenvalue weighted by Gasteiger charge is 2.47. The number of esters is 1. The summed E-state index contributed by atoms with van der Waals surface area (Å²) in [6, 6.07) is 0. The molecular formula is C15H19ClN2O2. The second-order valence-electron chi connectivity index (χ2n) is 5.92. The van der Waals surface area contributed by atoms with Gasteiger partial charge in [0, 0.05) is 6.20 Å². The van der Waals surface area contributed by atoms with Crippen LogP contribution in [0.5, 0.6) is 0 Å². The van der Waals surface area contributed by atoms with E-state index in [0.29, 0.717) is 22.9 Å². The number of fused-ring (bicyclic) bond motifs is 3. The van der Waals surface area contributed by atoms with Crippen LogP contribution < -0.4 is 0 Å². The van der Waals surface area contributed by atoms with E-state index < -0.39 is 0 Å². The predicted molar refractivity (Wildman–Crippen MR) is 75.2 cm³/mol. The number of aromatic nitrogens is 2. The smallest absolute Gasteiger partial charge is 0.309 e. The van der Waals surface area contributed by atoms with Gasteiger partial charge in [-0.25, -0.2) is 4.98 Å². The van der Waals surface area contributed by atoms with E-state index in [9.17, 15) is 4.79 Å². The average Bonchev–Trinajstić information content (AvgIpc) is 2.47. The Kier molecular flexibility index (Phi) is 3.92. The quantitative estimate of drug-likeness (QED) is 0.804. The van der Waals surface area contributed by atoms with Crippen LogP contribution in [0.2, 0.25) is 5.15 Å². The summed E-state index contributed by atoms with van der Waals surface area (Å²) in [5, 5.41) is 0.415. The molecule has 3 saturated carbocycles. The molecule has 0 aromatic carbocycles. The standard InChI is InChI=1S/C15H19ClN2O2/c1-20-15(19)14-10-4-2-9(3-5-10)12(14)6-11-7-17-8-13(16)18-11/h7-10,12,14H,2-6H2,1H3/t9?,10?,12-,14-/m0/s1. The molecule has 5 heteroatoms. The van der Waals surface area contributed by atoms with Crippen LogP contribution in [-0.2, 0) is 16.0 Å². The van der Waals surface area contributed by atoms with Gasteiger partial charge in [0.25, 0.3) is 0 Å². The van der Waals surface area contributed by atoms with E-state index in [1.54, 1.807) is 6.20 Å². The summed E-state index contributed by atoms with van der Waals surface area (Å²) in [6.07, 6.45) is 8.81. The van der Waals surface area contributed by atoms with Crippen molar-refractivity contribution in [3.05, 3.63) is 23.2 Å².